The summed E-state index contributed by atoms with van der Waals surface area (Å²) in [7, 11) is 0. The Balaban J connectivity index is -0.000000612. The van der Waals surface area contributed by atoms with Crippen LogP contribution in [0.25, 0.3) is 11.4 Å². The second-order valence-electron chi connectivity index (χ2n) is 13.3. The fourth-order valence-electron chi connectivity index (χ4n) is 2.28. The van der Waals surface area contributed by atoms with Gasteiger partial charge in [0, 0.05) is 28.6 Å². The van der Waals surface area contributed by atoms with Crippen molar-refractivity contribution in [1.82, 2.24) is 9.97 Å². The molecule has 2 heterocycles. The van der Waals surface area contributed by atoms with Crippen molar-refractivity contribution in [2.75, 3.05) is 0 Å². The summed E-state index contributed by atoms with van der Waals surface area (Å²) in [5.41, 5.74) is -1.04. The molecule has 2 rings (SSSR count). The molecular formula is C34H38F9N2NdO6. The van der Waals surface area contributed by atoms with Crippen LogP contribution in [0.15, 0.2) is 84.3 Å². The number of aromatic nitrogens is 2. The first-order chi connectivity index (χ1) is 22.6. The maximum Gasteiger partial charge on any atom is 3.00 e. The predicted molar refractivity (Wildman–Crippen MR) is 163 cm³/mol. The van der Waals surface area contributed by atoms with Gasteiger partial charge in [-0.2, -0.15) is 39.5 Å². The van der Waals surface area contributed by atoms with Gasteiger partial charge in [0.1, 0.15) is 0 Å². The first kappa shape index (κ1) is 53.0. The summed E-state index contributed by atoms with van der Waals surface area (Å²) in [4.78, 5) is 41.2. The molecule has 2 aromatic heterocycles. The quantitative estimate of drug-likeness (QED) is 0.196. The summed E-state index contributed by atoms with van der Waals surface area (Å²) in [5, 5.41) is 31.0. The summed E-state index contributed by atoms with van der Waals surface area (Å²) < 4.78 is 105. The van der Waals surface area contributed by atoms with E-state index in [4.69, 9.17) is 0 Å². The number of allylic oxidation sites excluding steroid dienone is 6. The molecule has 0 unspecified atom stereocenters. The second kappa shape index (κ2) is 21.4. The van der Waals surface area contributed by atoms with Crippen LogP contribution in [0.4, 0.5) is 39.5 Å². The van der Waals surface area contributed by atoms with Crippen LogP contribution in [-0.2, 0) is 14.4 Å². The van der Waals surface area contributed by atoms with Crippen LogP contribution < -0.4 is 15.3 Å². The topological polar surface area (TPSA) is 146 Å². The maximum atomic E-state index is 11.7. The molecule has 0 saturated heterocycles. The Bertz CT molecular complexity index is 1350. The van der Waals surface area contributed by atoms with E-state index in [9.17, 15) is 69.2 Å². The molecular weight excluding hydrogens is 848 g/mol. The molecule has 2 aromatic rings. The number of pyridine rings is 2. The molecule has 0 saturated carbocycles. The zero-order chi connectivity index (χ0) is 40.8. The monoisotopic (exact) mass is 883 g/mol. The molecule has 0 amide bonds. The summed E-state index contributed by atoms with van der Waals surface area (Å²) in [6.45, 7) is 13.0. The summed E-state index contributed by atoms with van der Waals surface area (Å²) in [6.07, 6.45) is -11.0. The van der Waals surface area contributed by atoms with Crippen molar-refractivity contribution >= 4 is 17.3 Å². The van der Waals surface area contributed by atoms with E-state index in [0.29, 0.717) is 0 Å². The van der Waals surface area contributed by atoms with Crippen molar-refractivity contribution in [3.8, 4) is 11.4 Å². The van der Waals surface area contributed by atoms with E-state index in [1.807, 2.05) is 36.4 Å². The molecule has 1 radical (unpaired) electrons. The molecule has 0 aromatic carbocycles. The molecule has 0 bridgehead atoms. The number of alkyl halides is 9. The minimum absolute atomic E-state index is 0. The number of halogens is 9. The molecule has 0 fully saturated rings. The summed E-state index contributed by atoms with van der Waals surface area (Å²) in [6, 6.07) is 11.6. The molecule has 0 N–H and O–H groups in total. The second-order valence-corrected chi connectivity index (χ2v) is 13.3. The third-order valence-electron chi connectivity index (χ3n) is 5.43. The number of ketones is 3. The van der Waals surface area contributed by atoms with E-state index in [-0.39, 0.29) is 59.1 Å². The zero-order valence-corrected chi connectivity index (χ0v) is 32.8. The van der Waals surface area contributed by atoms with Crippen LogP contribution in [0.1, 0.15) is 62.3 Å². The van der Waals surface area contributed by atoms with Gasteiger partial charge in [-0.05, 0) is 59.8 Å². The number of hydrogen-bond donors (Lipinski definition) is 0. The van der Waals surface area contributed by atoms with E-state index in [1.165, 1.54) is 62.3 Å². The number of nitrogens with zero attached hydrogens (tertiary/aromatic N) is 2. The van der Waals surface area contributed by atoms with Gasteiger partial charge in [0.25, 0.3) is 0 Å². The number of hydrogen-bond acceptors (Lipinski definition) is 8. The first-order valence-corrected chi connectivity index (χ1v) is 14.4. The number of carbonyl (C=O) groups excluding carboxylic acids is 3. The fourth-order valence-corrected chi connectivity index (χ4v) is 2.28. The largest absolute Gasteiger partial charge is 3.00 e. The molecule has 0 spiro atoms. The van der Waals surface area contributed by atoms with Gasteiger partial charge in [-0.1, -0.05) is 74.4 Å². The number of carbonyl (C=O) groups is 3. The van der Waals surface area contributed by atoms with Gasteiger partial charge in [-0.25, -0.2) is 0 Å². The molecule has 0 aliphatic rings. The van der Waals surface area contributed by atoms with Gasteiger partial charge in [0.2, 0.25) is 0 Å². The van der Waals surface area contributed by atoms with E-state index in [2.05, 4.69) is 9.97 Å². The molecule has 8 nitrogen and oxygen atoms in total. The van der Waals surface area contributed by atoms with Crippen LogP contribution in [0.5, 0.6) is 0 Å². The molecule has 52 heavy (non-hydrogen) atoms. The van der Waals surface area contributed by atoms with Crippen molar-refractivity contribution in [1.29, 1.82) is 0 Å². The van der Waals surface area contributed by atoms with Crippen LogP contribution in [0, 0.1) is 57.1 Å². The number of rotatable bonds is 4. The van der Waals surface area contributed by atoms with Crippen LogP contribution in [-0.4, -0.2) is 45.8 Å². The summed E-state index contributed by atoms with van der Waals surface area (Å²) >= 11 is 0. The Kier molecular flexibility index (Phi) is 21.8. The van der Waals surface area contributed by atoms with E-state index < -0.39 is 69.4 Å². The van der Waals surface area contributed by atoms with Crippen molar-refractivity contribution in [3.05, 3.63) is 84.3 Å². The van der Waals surface area contributed by atoms with Gasteiger partial charge in [-0.15, -0.1) is 0 Å². The van der Waals surface area contributed by atoms with Crippen LogP contribution >= 0.6 is 0 Å². The molecule has 18 heteroatoms. The molecule has 0 aliphatic carbocycles. The van der Waals surface area contributed by atoms with Gasteiger partial charge in [0.05, 0.1) is 11.4 Å². The van der Waals surface area contributed by atoms with Gasteiger partial charge >= 0.3 is 59.4 Å². The van der Waals surface area contributed by atoms with Gasteiger partial charge < -0.3 is 15.3 Å². The normalized spacial score (nSPS) is 13.1. The zero-order valence-electron chi connectivity index (χ0n) is 29.6. The average Bonchev–Trinajstić information content (AvgIpc) is 2.96. The molecule has 287 valence electrons. The smallest absolute Gasteiger partial charge is 0.869 e. The van der Waals surface area contributed by atoms with Gasteiger partial charge in [-0.3, -0.25) is 24.4 Å². The van der Waals surface area contributed by atoms with Crippen molar-refractivity contribution in [2.24, 2.45) is 16.2 Å². The average molecular weight is 886 g/mol. The van der Waals surface area contributed by atoms with E-state index >= 15 is 0 Å². The fraction of sp³-hybridized carbons (Fsp3) is 0.441. The Morgan fingerprint density at radius 2 is 0.692 bits per heavy atom. The minimum Gasteiger partial charge on any atom is -0.869 e. The standard InChI is InChI=1S/C10H8N2.3C8H11F3O2.Nd/c1-3-7-11-9(5-1)10-6-2-4-8-12-10;3*1-7(2,3)5(12)4-6(13)8(9,10)11;/h1-8H;3*4,13H,1-3H3;/q;;;;+3/p-3/b;3*6-4-;. The van der Waals surface area contributed by atoms with E-state index in [1.54, 1.807) is 12.4 Å². The third-order valence-corrected chi connectivity index (χ3v) is 5.43. The summed E-state index contributed by atoms with van der Waals surface area (Å²) in [5.74, 6) is -8.79. The Hall–Kier alpha value is -3.35. The van der Waals surface area contributed by atoms with E-state index in [0.717, 1.165) is 11.4 Å². The maximum absolute atomic E-state index is 11.7. The van der Waals surface area contributed by atoms with Crippen LogP contribution in [0.2, 0.25) is 0 Å². The van der Waals surface area contributed by atoms with Crippen molar-refractivity contribution < 1.29 is 110 Å². The molecule has 0 atom stereocenters. The van der Waals surface area contributed by atoms with Crippen molar-refractivity contribution in [2.45, 2.75) is 80.8 Å². The Morgan fingerprint density at radius 1 is 0.481 bits per heavy atom. The SMILES string of the molecule is CC(C)(C)C(=O)/C=C(\[O-])C(F)(F)F.CC(C)(C)C(=O)/C=C(\[O-])C(F)(F)F.CC(C)(C)C(=O)/C=C(\[O-])C(F)(F)F.[Nd+3].c1ccc(-c2ccccn2)nc1. The van der Waals surface area contributed by atoms with Gasteiger partial charge in [0.15, 0.2) is 17.3 Å². The Morgan fingerprint density at radius 3 is 0.827 bits per heavy atom. The van der Waals surface area contributed by atoms with Crippen LogP contribution in [0.3, 0.4) is 0 Å². The molecule has 0 aliphatic heterocycles. The minimum atomic E-state index is -4.96. The predicted octanol–water partition coefficient (Wildman–Crippen LogP) is 6.37. The Labute approximate surface area is 328 Å². The third kappa shape index (κ3) is 23.3. The van der Waals surface area contributed by atoms with Crippen molar-refractivity contribution in [3.63, 3.8) is 0 Å². The first-order valence-electron chi connectivity index (χ1n) is 14.4.